The number of aromatic nitrogens is 2. The van der Waals surface area contributed by atoms with Crippen molar-refractivity contribution in [3.63, 3.8) is 0 Å². The van der Waals surface area contributed by atoms with Gasteiger partial charge in [-0.15, -0.1) is 11.3 Å². The van der Waals surface area contributed by atoms with Crippen LogP contribution < -0.4 is 10.9 Å². The molecule has 0 fully saturated rings. The molecule has 0 radical (unpaired) electrons. The number of hydrogen-bond donors (Lipinski definition) is 1. The number of carbonyl (C=O) groups excluding carboxylic acids is 1. The molecule has 15 heavy (non-hydrogen) atoms. The van der Waals surface area contributed by atoms with E-state index in [1.165, 1.54) is 15.9 Å². The maximum absolute atomic E-state index is 12.0. The van der Waals surface area contributed by atoms with Gasteiger partial charge in [0.05, 0.1) is 5.52 Å². The molecule has 5 nitrogen and oxygen atoms in total. The van der Waals surface area contributed by atoms with Gasteiger partial charge < -0.3 is 0 Å². The zero-order valence-electron chi connectivity index (χ0n) is 7.85. The first-order valence-electron chi connectivity index (χ1n) is 4.49. The number of fused-ring (bicyclic) bond motifs is 2. The summed E-state index contributed by atoms with van der Waals surface area (Å²) >= 11 is 1.35. The van der Waals surface area contributed by atoms with Crippen LogP contribution in [0.1, 0.15) is 13.0 Å². The van der Waals surface area contributed by atoms with E-state index in [-0.39, 0.29) is 11.5 Å². The summed E-state index contributed by atoms with van der Waals surface area (Å²) < 4.78 is 2.00. The molecular weight excluding hydrogens is 214 g/mol. The lowest BCUT2D eigenvalue weighted by Gasteiger charge is -2.03. The Hall–Kier alpha value is -1.69. The molecule has 1 amide bonds. The first kappa shape index (κ1) is 8.60. The van der Waals surface area contributed by atoms with Crippen LogP contribution in [0.5, 0.6) is 0 Å². The lowest BCUT2D eigenvalue weighted by molar-refractivity contribution is -0.117. The van der Waals surface area contributed by atoms with Crippen molar-refractivity contribution in [3.8, 4) is 0 Å². The second kappa shape index (κ2) is 2.66. The van der Waals surface area contributed by atoms with Gasteiger partial charge in [-0.25, -0.2) is 4.98 Å². The molecule has 1 N–H and O–H groups in total. The molecule has 1 atom stereocenters. The van der Waals surface area contributed by atoms with Crippen LogP contribution in [-0.2, 0) is 4.79 Å². The smallest absolute Gasteiger partial charge is 0.273 e. The summed E-state index contributed by atoms with van der Waals surface area (Å²) in [7, 11) is 0. The van der Waals surface area contributed by atoms with E-state index >= 15 is 0 Å². The van der Waals surface area contributed by atoms with E-state index in [0.29, 0.717) is 16.2 Å². The van der Waals surface area contributed by atoms with Crippen LogP contribution in [-0.4, -0.2) is 15.5 Å². The first-order chi connectivity index (χ1) is 7.18. The Morgan fingerprint density at radius 2 is 2.33 bits per heavy atom. The van der Waals surface area contributed by atoms with Gasteiger partial charge in [-0.1, -0.05) is 0 Å². The Labute approximate surface area is 88.4 Å². The van der Waals surface area contributed by atoms with Gasteiger partial charge in [0.25, 0.3) is 5.56 Å². The molecule has 0 saturated heterocycles. The molecule has 1 unspecified atom stereocenters. The Balaban J connectivity index is 2.46. The van der Waals surface area contributed by atoms with Crippen molar-refractivity contribution in [2.45, 2.75) is 13.0 Å². The van der Waals surface area contributed by atoms with Crippen molar-refractivity contribution in [3.05, 3.63) is 21.8 Å². The number of anilines is 1. The molecule has 1 aliphatic heterocycles. The van der Waals surface area contributed by atoms with Gasteiger partial charge in [0.15, 0.2) is 0 Å². The maximum atomic E-state index is 12.0. The lowest BCUT2D eigenvalue weighted by atomic mass is 10.3. The van der Waals surface area contributed by atoms with E-state index in [9.17, 15) is 9.59 Å². The highest BCUT2D eigenvalue weighted by Crippen LogP contribution is 2.23. The summed E-state index contributed by atoms with van der Waals surface area (Å²) in [5, 5.41) is 4.41. The van der Waals surface area contributed by atoms with Crippen LogP contribution >= 0.6 is 11.3 Å². The maximum Gasteiger partial charge on any atom is 0.273 e. The number of amides is 1. The van der Waals surface area contributed by atoms with E-state index in [4.69, 9.17) is 0 Å². The van der Waals surface area contributed by atoms with Crippen LogP contribution in [0.4, 0.5) is 5.95 Å². The molecular formula is C9H7N3O2S. The van der Waals surface area contributed by atoms with Crippen LogP contribution in [0.15, 0.2) is 16.2 Å². The summed E-state index contributed by atoms with van der Waals surface area (Å²) in [5.74, 6) is 0.167. The molecule has 2 aromatic heterocycles. The quantitative estimate of drug-likeness (QED) is 0.721. The molecule has 3 rings (SSSR count). The summed E-state index contributed by atoms with van der Waals surface area (Å²) in [4.78, 5) is 27.6. The molecule has 76 valence electrons. The number of nitrogens with zero attached hydrogens (tertiary/aromatic N) is 2. The summed E-state index contributed by atoms with van der Waals surface area (Å²) in [6.07, 6.45) is 0. The lowest BCUT2D eigenvalue weighted by Crippen LogP contribution is -2.22. The summed E-state index contributed by atoms with van der Waals surface area (Å²) in [6, 6.07) is 1.31. The number of thiophene rings is 1. The summed E-state index contributed by atoms with van der Waals surface area (Å²) in [6.45, 7) is 1.69. The second-order valence-corrected chi connectivity index (χ2v) is 4.33. The minimum Gasteiger partial charge on any atom is -0.294 e. The van der Waals surface area contributed by atoms with Crippen LogP contribution in [0.3, 0.4) is 0 Å². The third-order valence-electron chi connectivity index (χ3n) is 2.51. The van der Waals surface area contributed by atoms with Gasteiger partial charge in [-0.2, -0.15) is 0 Å². The van der Waals surface area contributed by atoms with Crippen LogP contribution in [0.2, 0.25) is 0 Å². The zero-order chi connectivity index (χ0) is 10.6. The van der Waals surface area contributed by atoms with Gasteiger partial charge in [-0.05, 0) is 18.4 Å². The Morgan fingerprint density at radius 3 is 3.13 bits per heavy atom. The Bertz CT molecular complexity index is 628. The minimum absolute atomic E-state index is 0.143. The molecule has 6 heteroatoms. The van der Waals surface area contributed by atoms with Gasteiger partial charge in [0.2, 0.25) is 11.9 Å². The third-order valence-corrected chi connectivity index (χ3v) is 3.41. The van der Waals surface area contributed by atoms with E-state index in [2.05, 4.69) is 10.3 Å². The van der Waals surface area contributed by atoms with Crippen molar-refractivity contribution < 1.29 is 4.79 Å². The molecule has 3 heterocycles. The molecule has 0 spiro atoms. The Kier molecular flexibility index (Phi) is 1.53. The van der Waals surface area contributed by atoms with Crippen LogP contribution in [0, 0.1) is 0 Å². The number of rotatable bonds is 0. The second-order valence-electron chi connectivity index (χ2n) is 3.41. The van der Waals surface area contributed by atoms with E-state index in [0.717, 1.165) is 0 Å². The average Bonchev–Trinajstić information content (AvgIpc) is 2.74. The van der Waals surface area contributed by atoms with Crippen molar-refractivity contribution in [1.82, 2.24) is 9.55 Å². The summed E-state index contributed by atoms with van der Waals surface area (Å²) in [5.41, 5.74) is 0.501. The average molecular weight is 221 g/mol. The van der Waals surface area contributed by atoms with Crippen molar-refractivity contribution >= 4 is 33.4 Å². The first-order valence-corrected chi connectivity index (χ1v) is 5.37. The van der Waals surface area contributed by atoms with Crippen molar-refractivity contribution in [2.75, 3.05) is 5.32 Å². The number of hydrogen-bond acceptors (Lipinski definition) is 4. The molecule has 0 aromatic carbocycles. The zero-order valence-corrected chi connectivity index (χ0v) is 8.67. The normalized spacial score (nSPS) is 19.3. The SMILES string of the molecule is CC1C(=O)Nc2nc3ccsc3c(=O)n21. The monoisotopic (exact) mass is 221 g/mol. The Morgan fingerprint density at radius 1 is 1.53 bits per heavy atom. The standard InChI is InChI=1S/C9H7N3O2S/c1-4-7(13)11-9-10-5-2-3-15-6(5)8(14)12(4)9/h2-4H,1H3,(H,10,11,13). The minimum atomic E-state index is -0.466. The highest BCUT2D eigenvalue weighted by Gasteiger charge is 2.29. The molecule has 0 aliphatic carbocycles. The highest BCUT2D eigenvalue weighted by atomic mass is 32.1. The van der Waals surface area contributed by atoms with Gasteiger partial charge in [0.1, 0.15) is 10.7 Å². The van der Waals surface area contributed by atoms with Gasteiger partial charge in [0, 0.05) is 0 Å². The van der Waals surface area contributed by atoms with Crippen molar-refractivity contribution in [2.24, 2.45) is 0 Å². The largest absolute Gasteiger partial charge is 0.294 e. The van der Waals surface area contributed by atoms with Gasteiger partial charge in [-0.3, -0.25) is 19.5 Å². The molecule has 1 aliphatic rings. The van der Waals surface area contributed by atoms with E-state index in [1.54, 1.807) is 13.0 Å². The van der Waals surface area contributed by atoms with E-state index < -0.39 is 6.04 Å². The molecule has 0 bridgehead atoms. The predicted octanol–water partition coefficient (Wildman–Crippen LogP) is 0.971. The number of carbonyl (C=O) groups is 1. The molecule has 2 aromatic rings. The fraction of sp³-hybridized carbons (Fsp3) is 0.222. The number of nitrogens with one attached hydrogen (secondary N) is 1. The fourth-order valence-electron chi connectivity index (χ4n) is 1.70. The van der Waals surface area contributed by atoms with Crippen LogP contribution in [0.25, 0.3) is 10.2 Å². The fourth-order valence-corrected chi connectivity index (χ4v) is 2.47. The topological polar surface area (TPSA) is 64.0 Å². The third kappa shape index (κ3) is 0.992. The predicted molar refractivity (Wildman–Crippen MR) is 57.2 cm³/mol. The van der Waals surface area contributed by atoms with E-state index in [1.807, 2.05) is 5.38 Å². The van der Waals surface area contributed by atoms with Gasteiger partial charge >= 0.3 is 0 Å². The van der Waals surface area contributed by atoms with Crippen molar-refractivity contribution in [1.29, 1.82) is 0 Å². The highest BCUT2D eigenvalue weighted by molar-refractivity contribution is 7.17. The molecule has 0 saturated carbocycles.